The maximum Gasteiger partial charge on any atom is 0.224 e. The lowest BCUT2D eigenvalue weighted by atomic mass is 9.68. The number of guanidine groups is 1. The summed E-state index contributed by atoms with van der Waals surface area (Å²) < 4.78 is 12.9. The van der Waals surface area contributed by atoms with Crippen LogP contribution in [0.3, 0.4) is 0 Å². The molecule has 0 unspecified atom stereocenters. The Labute approximate surface area is 178 Å². The Hall–Kier alpha value is -1.38. The first-order valence-electron chi connectivity index (χ1n) is 9.65. The number of halogens is 2. The van der Waals surface area contributed by atoms with E-state index in [1.165, 1.54) is 37.8 Å². The SMILES string of the molecule is CCNC(=NCCNC(=O)Cc1ccc(F)cc1)N1CCC2(CCC2)C1.I. The van der Waals surface area contributed by atoms with Crippen LogP contribution in [-0.2, 0) is 11.2 Å². The first-order chi connectivity index (χ1) is 12.6. The number of amides is 1. The summed E-state index contributed by atoms with van der Waals surface area (Å²) in [6.45, 7) is 6.17. The normalized spacial score (nSPS) is 18.0. The average Bonchev–Trinajstić information content (AvgIpc) is 3.06. The van der Waals surface area contributed by atoms with Crippen LogP contribution in [0.4, 0.5) is 4.39 Å². The Balaban J connectivity index is 0.00000261. The molecule has 1 aromatic rings. The van der Waals surface area contributed by atoms with E-state index in [1.807, 2.05) is 0 Å². The van der Waals surface area contributed by atoms with Gasteiger partial charge in [-0.05, 0) is 49.3 Å². The quantitative estimate of drug-likeness (QED) is 0.280. The van der Waals surface area contributed by atoms with Crippen molar-refractivity contribution in [3.63, 3.8) is 0 Å². The van der Waals surface area contributed by atoms with Gasteiger partial charge in [0, 0.05) is 26.2 Å². The van der Waals surface area contributed by atoms with E-state index in [9.17, 15) is 9.18 Å². The van der Waals surface area contributed by atoms with Gasteiger partial charge in [0.2, 0.25) is 5.91 Å². The molecule has 2 fully saturated rings. The van der Waals surface area contributed by atoms with Crippen molar-refractivity contribution in [2.75, 3.05) is 32.7 Å². The summed E-state index contributed by atoms with van der Waals surface area (Å²) in [5.41, 5.74) is 1.35. The lowest BCUT2D eigenvalue weighted by molar-refractivity contribution is -0.120. The van der Waals surface area contributed by atoms with Gasteiger partial charge in [-0.25, -0.2) is 4.39 Å². The van der Waals surface area contributed by atoms with Gasteiger partial charge in [-0.3, -0.25) is 9.79 Å². The molecule has 2 aliphatic rings. The maximum atomic E-state index is 12.9. The van der Waals surface area contributed by atoms with Crippen molar-refractivity contribution < 1.29 is 9.18 Å². The Morgan fingerprint density at radius 1 is 1.22 bits per heavy atom. The topological polar surface area (TPSA) is 56.7 Å². The minimum Gasteiger partial charge on any atom is -0.357 e. The number of carbonyl (C=O) groups excluding carboxylic acids is 1. The van der Waals surface area contributed by atoms with E-state index in [2.05, 4.69) is 27.4 Å². The molecule has 1 aromatic carbocycles. The van der Waals surface area contributed by atoms with E-state index < -0.39 is 0 Å². The van der Waals surface area contributed by atoms with Crippen molar-refractivity contribution in [2.24, 2.45) is 10.4 Å². The predicted molar refractivity (Wildman–Crippen MR) is 117 cm³/mol. The summed E-state index contributed by atoms with van der Waals surface area (Å²) in [6.07, 6.45) is 5.59. The van der Waals surface area contributed by atoms with Crippen molar-refractivity contribution in [1.29, 1.82) is 0 Å². The molecule has 2 N–H and O–H groups in total. The highest BCUT2D eigenvalue weighted by molar-refractivity contribution is 14.0. The molecule has 150 valence electrons. The first kappa shape index (κ1) is 21.9. The fourth-order valence-electron chi connectivity index (χ4n) is 3.83. The van der Waals surface area contributed by atoms with Crippen LogP contribution in [0.5, 0.6) is 0 Å². The summed E-state index contributed by atoms with van der Waals surface area (Å²) >= 11 is 0. The van der Waals surface area contributed by atoms with Crippen molar-refractivity contribution in [1.82, 2.24) is 15.5 Å². The molecule has 0 bridgehead atoms. The third-order valence-corrected chi connectivity index (χ3v) is 5.46. The largest absolute Gasteiger partial charge is 0.357 e. The van der Waals surface area contributed by atoms with Crippen LogP contribution >= 0.6 is 24.0 Å². The minimum atomic E-state index is -0.287. The van der Waals surface area contributed by atoms with Gasteiger partial charge in [0.1, 0.15) is 5.82 Å². The Morgan fingerprint density at radius 2 is 1.96 bits per heavy atom. The molecule has 1 saturated carbocycles. The smallest absolute Gasteiger partial charge is 0.224 e. The van der Waals surface area contributed by atoms with Crippen LogP contribution in [0.2, 0.25) is 0 Å². The Bertz CT molecular complexity index is 646. The Kier molecular flexibility index (Phi) is 8.31. The highest BCUT2D eigenvalue weighted by Crippen LogP contribution is 2.47. The molecule has 27 heavy (non-hydrogen) atoms. The molecule has 0 atom stereocenters. The summed E-state index contributed by atoms with van der Waals surface area (Å²) in [7, 11) is 0. The van der Waals surface area contributed by atoms with Crippen molar-refractivity contribution in [3.05, 3.63) is 35.6 Å². The molecule has 1 spiro atoms. The molecule has 5 nitrogen and oxygen atoms in total. The molecule has 3 rings (SSSR count). The monoisotopic (exact) mass is 488 g/mol. The molecule has 7 heteroatoms. The van der Waals surface area contributed by atoms with E-state index in [0.29, 0.717) is 18.5 Å². The standard InChI is InChI=1S/C20H29FN4O.HI/c1-2-22-19(25-13-10-20(15-25)8-3-9-20)24-12-11-23-18(26)14-16-4-6-17(21)7-5-16;/h4-7H,2-3,8-15H2,1H3,(H,22,24)(H,23,26);1H. The lowest BCUT2D eigenvalue weighted by Crippen LogP contribution is -2.43. The van der Waals surface area contributed by atoms with Gasteiger partial charge in [0.15, 0.2) is 5.96 Å². The second kappa shape index (κ2) is 10.2. The fourth-order valence-corrected chi connectivity index (χ4v) is 3.83. The molecule has 1 aliphatic carbocycles. The maximum absolute atomic E-state index is 12.9. The van der Waals surface area contributed by atoms with Crippen molar-refractivity contribution in [2.45, 2.75) is 39.0 Å². The number of benzene rings is 1. The van der Waals surface area contributed by atoms with Crippen LogP contribution < -0.4 is 10.6 Å². The zero-order valence-electron chi connectivity index (χ0n) is 16.0. The van der Waals surface area contributed by atoms with E-state index >= 15 is 0 Å². The predicted octanol–water partition coefficient (Wildman–Crippen LogP) is 2.94. The summed E-state index contributed by atoms with van der Waals surface area (Å²) in [6, 6.07) is 6.03. The fraction of sp³-hybridized carbons (Fsp3) is 0.600. The first-order valence-corrected chi connectivity index (χ1v) is 9.65. The van der Waals surface area contributed by atoms with Crippen LogP contribution in [0, 0.1) is 11.2 Å². The molecular weight excluding hydrogens is 458 g/mol. The molecule has 1 aliphatic heterocycles. The van der Waals surface area contributed by atoms with E-state index in [-0.39, 0.29) is 42.1 Å². The van der Waals surface area contributed by atoms with Gasteiger partial charge in [-0.15, -0.1) is 24.0 Å². The number of nitrogens with zero attached hydrogens (tertiary/aromatic N) is 2. The number of carbonyl (C=O) groups is 1. The minimum absolute atomic E-state index is 0. The number of hydrogen-bond acceptors (Lipinski definition) is 2. The lowest BCUT2D eigenvalue weighted by Gasteiger charge is -2.38. The third kappa shape index (κ3) is 6.05. The number of nitrogens with one attached hydrogen (secondary N) is 2. The van der Waals surface area contributed by atoms with Gasteiger partial charge in [0.25, 0.3) is 0 Å². The Morgan fingerprint density at radius 3 is 2.56 bits per heavy atom. The van der Waals surface area contributed by atoms with Gasteiger partial charge >= 0.3 is 0 Å². The van der Waals surface area contributed by atoms with Crippen LogP contribution in [0.15, 0.2) is 29.3 Å². The number of likely N-dealkylation sites (tertiary alicyclic amines) is 1. The number of aliphatic imine (C=N–C) groups is 1. The zero-order chi connectivity index (χ0) is 18.4. The number of rotatable bonds is 6. The van der Waals surface area contributed by atoms with Gasteiger partial charge < -0.3 is 15.5 Å². The van der Waals surface area contributed by atoms with Gasteiger partial charge in [0.05, 0.1) is 13.0 Å². The van der Waals surface area contributed by atoms with E-state index in [4.69, 9.17) is 0 Å². The summed E-state index contributed by atoms with van der Waals surface area (Å²) in [4.78, 5) is 19.0. The van der Waals surface area contributed by atoms with Gasteiger partial charge in [-0.1, -0.05) is 18.6 Å². The van der Waals surface area contributed by atoms with Crippen molar-refractivity contribution in [3.8, 4) is 0 Å². The van der Waals surface area contributed by atoms with Crippen molar-refractivity contribution >= 4 is 35.8 Å². The summed E-state index contributed by atoms with van der Waals surface area (Å²) in [5, 5.41) is 6.26. The van der Waals surface area contributed by atoms with Gasteiger partial charge in [-0.2, -0.15) is 0 Å². The second-order valence-corrected chi connectivity index (χ2v) is 7.41. The highest BCUT2D eigenvalue weighted by Gasteiger charge is 2.43. The second-order valence-electron chi connectivity index (χ2n) is 7.41. The molecule has 1 heterocycles. The van der Waals surface area contributed by atoms with E-state index in [0.717, 1.165) is 31.2 Å². The summed E-state index contributed by atoms with van der Waals surface area (Å²) in [5.74, 6) is 0.612. The highest BCUT2D eigenvalue weighted by atomic mass is 127. The third-order valence-electron chi connectivity index (χ3n) is 5.46. The van der Waals surface area contributed by atoms with Crippen LogP contribution in [0.1, 0.15) is 38.2 Å². The number of hydrogen-bond donors (Lipinski definition) is 2. The van der Waals surface area contributed by atoms with E-state index in [1.54, 1.807) is 12.1 Å². The molecule has 1 saturated heterocycles. The zero-order valence-corrected chi connectivity index (χ0v) is 18.3. The molecule has 0 radical (unpaired) electrons. The molecule has 1 amide bonds. The average molecular weight is 488 g/mol. The molecule has 0 aromatic heterocycles. The van der Waals surface area contributed by atoms with Crippen LogP contribution in [0.25, 0.3) is 0 Å². The molecular formula is C20H30FIN4O. The van der Waals surface area contributed by atoms with Crippen LogP contribution in [-0.4, -0.2) is 49.5 Å².